The molecule has 2 atom stereocenters. The minimum absolute atomic E-state index is 0.414. The molecule has 2 rings (SSSR count). The molecule has 1 aliphatic heterocycles. The maximum absolute atomic E-state index is 5.67. The largest absolute Gasteiger partial charge is 0.376 e. The first kappa shape index (κ1) is 10.4. The van der Waals surface area contributed by atoms with Gasteiger partial charge >= 0.3 is 0 Å². The number of rotatable bonds is 2. The molecule has 2 aliphatic rings. The second kappa shape index (κ2) is 5.13. The quantitative estimate of drug-likeness (QED) is 0.733. The van der Waals surface area contributed by atoms with Gasteiger partial charge in [-0.05, 0) is 19.3 Å². The average Bonchev–Trinajstić information content (AvgIpc) is 2.23. The Hall–Kier alpha value is -0.0800. The van der Waals surface area contributed by atoms with Crippen LogP contribution in [0, 0.1) is 5.92 Å². The van der Waals surface area contributed by atoms with Crippen LogP contribution in [0.3, 0.4) is 0 Å². The zero-order chi connectivity index (χ0) is 9.80. The highest BCUT2D eigenvalue weighted by atomic mass is 16.5. The summed E-state index contributed by atoms with van der Waals surface area (Å²) in [4.78, 5) is 0. The molecule has 2 nitrogen and oxygen atoms in total. The van der Waals surface area contributed by atoms with E-state index in [4.69, 9.17) is 4.74 Å². The maximum atomic E-state index is 5.67. The third-order valence-corrected chi connectivity index (χ3v) is 3.62. The zero-order valence-electron chi connectivity index (χ0n) is 9.30. The zero-order valence-corrected chi connectivity index (χ0v) is 9.30. The summed E-state index contributed by atoms with van der Waals surface area (Å²) in [6, 6.07) is 0.634. The Kier molecular flexibility index (Phi) is 3.82. The molecule has 14 heavy (non-hydrogen) atoms. The van der Waals surface area contributed by atoms with Crippen molar-refractivity contribution >= 4 is 0 Å². The summed E-state index contributed by atoms with van der Waals surface area (Å²) in [6.07, 6.45) is 9.03. The Bertz CT molecular complexity index is 158. The second-order valence-electron chi connectivity index (χ2n) is 4.99. The summed E-state index contributed by atoms with van der Waals surface area (Å²) in [6.45, 7) is 4.11. The predicted molar refractivity (Wildman–Crippen MR) is 58.4 cm³/mol. The summed E-state index contributed by atoms with van der Waals surface area (Å²) < 4.78 is 5.67. The van der Waals surface area contributed by atoms with Crippen molar-refractivity contribution in [3.8, 4) is 0 Å². The van der Waals surface area contributed by atoms with Crippen LogP contribution in [0.25, 0.3) is 0 Å². The van der Waals surface area contributed by atoms with Gasteiger partial charge in [0.15, 0.2) is 0 Å². The Morgan fingerprint density at radius 1 is 1.21 bits per heavy atom. The standard InChI is InChI=1S/C12H23NO/c1-10-8-13-12(9-14-10)7-11-5-3-2-4-6-11/h10-13H,2-9H2,1H3. The van der Waals surface area contributed by atoms with Crippen molar-refractivity contribution in [2.45, 2.75) is 57.6 Å². The molecule has 0 spiro atoms. The van der Waals surface area contributed by atoms with Crippen molar-refractivity contribution in [2.75, 3.05) is 13.2 Å². The van der Waals surface area contributed by atoms with Gasteiger partial charge < -0.3 is 10.1 Å². The van der Waals surface area contributed by atoms with Gasteiger partial charge in [-0.2, -0.15) is 0 Å². The topological polar surface area (TPSA) is 21.3 Å². The molecule has 1 N–H and O–H groups in total. The molecular weight excluding hydrogens is 174 g/mol. The fourth-order valence-corrected chi connectivity index (χ4v) is 2.71. The molecule has 82 valence electrons. The van der Waals surface area contributed by atoms with Gasteiger partial charge in [-0.1, -0.05) is 32.1 Å². The lowest BCUT2D eigenvalue weighted by molar-refractivity contribution is 0.00849. The van der Waals surface area contributed by atoms with Crippen molar-refractivity contribution in [1.29, 1.82) is 0 Å². The van der Waals surface area contributed by atoms with Gasteiger partial charge in [0, 0.05) is 12.6 Å². The van der Waals surface area contributed by atoms with E-state index in [0.29, 0.717) is 12.1 Å². The molecule has 0 aromatic heterocycles. The number of nitrogens with one attached hydrogen (secondary N) is 1. The van der Waals surface area contributed by atoms with Crippen LogP contribution in [-0.2, 0) is 4.74 Å². The van der Waals surface area contributed by atoms with E-state index in [2.05, 4.69) is 12.2 Å². The molecule has 0 radical (unpaired) electrons. The molecule has 1 saturated heterocycles. The van der Waals surface area contributed by atoms with E-state index in [9.17, 15) is 0 Å². The van der Waals surface area contributed by atoms with Crippen LogP contribution in [0.4, 0.5) is 0 Å². The van der Waals surface area contributed by atoms with E-state index < -0.39 is 0 Å². The fourth-order valence-electron chi connectivity index (χ4n) is 2.71. The van der Waals surface area contributed by atoms with Gasteiger partial charge in [0.05, 0.1) is 12.7 Å². The van der Waals surface area contributed by atoms with E-state index >= 15 is 0 Å². The van der Waals surface area contributed by atoms with E-state index in [1.54, 1.807) is 0 Å². The lowest BCUT2D eigenvalue weighted by Crippen LogP contribution is -2.46. The third kappa shape index (κ3) is 2.96. The number of hydrogen-bond donors (Lipinski definition) is 1. The molecule has 1 aliphatic carbocycles. The Morgan fingerprint density at radius 2 is 2.00 bits per heavy atom. The smallest absolute Gasteiger partial charge is 0.0672 e. The second-order valence-corrected chi connectivity index (χ2v) is 4.99. The van der Waals surface area contributed by atoms with Gasteiger partial charge in [-0.3, -0.25) is 0 Å². The number of ether oxygens (including phenoxy) is 1. The summed E-state index contributed by atoms with van der Waals surface area (Å²) in [5.41, 5.74) is 0. The molecule has 1 heterocycles. The predicted octanol–water partition coefficient (Wildman–Crippen LogP) is 2.33. The SMILES string of the molecule is CC1CNC(CC2CCCCC2)CO1. The van der Waals surface area contributed by atoms with Crippen molar-refractivity contribution < 1.29 is 4.74 Å². The van der Waals surface area contributed by atoms with Gasteiger partial charge in [-0.25, -0.2) is 0 Å². The molecule has 2 heteroatoms. The highest BCUT2D eigenvalue weighted by Crippen LogP contribution is 2.27. The maximum Gasteiger partial charge on any atom is 0.0672 e. The van der Waals surface area contributed by atoms with Crippen molar-refractivity contribution in [3.05, 3.63) is 0 Å². The van der Waals surface area contributed by atoms with Crippen LogP contribution in [0.15, 0.2) is 0 Å². The normalized spacial score (nSPS) is 35.8. The van der Waals surface area contributed by atoms with E-state index in [1.165, 1.54) is 38.5 Å². The molecule has 0 aromatic rings. The first-order valence-electron chi connectivity index (χ1n) is 6.19. The summed E-state index contributed by atoms with van der Waals surface area (Å²) in [5, 5.41) is 3.59. The van der Waals surface area contributed by atoms with Crippen LogP contribution in [0.5, 0.6) is 0 Å². The first-order valence-corrected chi connectivity index (χ1v) is 6.19. The molecule has 2 unspecified atom stereocenters. The lowest BCUT2D eigenvalue weighted by atomic mass is 9.85. The Labute approximate surface area is 87.4 Å². The molecule has 2 fully saturated rings. The number of hydrogen-bond acceptors (Lipinski definition) is 2. The Balaban J connectivity index is 1.68. The first-order chi connectivity index (χ1) is 6.84. The van der Waals surface area contributed by atoms with Crippen molar-refractivity contribution in [3.63, 3.8) is 0 Å². The van der Waals surface area contributed by atoms with Crippen LogP contribution < -0.4 is 5.32 Å². The van der Waals surface area contributed by atoms with Crippen LogP contribution in [-0.4, -0.2) is 25.3 Å². The molecule has 0 bridgehead atoms. The fraction of sp³-hybridized carbons (Fsp3) is 1.00. The van der Waals surface area contributed by atoms with E-state index in [1.807, 2.05) is 0 Å². The highest BCUT2D eigenvalue weighted by Gasteiger charge is 2.22. The highest BCUT2D eigenvalue weighted by molar-refractivity contribution is 4.78. The van der Waals surface area contributed by atoms with Crippen LogP contribution in [0.2, 0.25) is 0 Å². The van der Waals surface area contributed by atoms with Gasteiger partial charge in [0.25, 0.3) is 0 Å². The van der Waals surface area contributed by atoms with Gasteiger partial charge in [-0.15, -0.1) is 0 Å². The molecular formula is C12H23NO. The van der Waals surface area contributed by atoms with Crippen LogP contribution in [0.1, 0.15) is 45.4 Å². The molecule has 0 amide bonds. The van der Waals surface area contributed by atoms with Crippen molar-refractivity contribution in [1.82, 2.24) is 5.32 Å². The Morgan fingerprint density at radius 3 is 2.64 bits per heavy atom. The lowest BCUT2D eigenvalue weighted by Gasteiger charge is -2.32. The summed E-state index contributed by atoms with van der Waals surface area (Å²) in [5.74, 6) is 0.971. The monoisotopic (exact) mass is 197 g/mol. The van der Waals surface area contributed by atoms with E-state index in [-0.39, 0.29) is 0 Å². The summed E-state index contributed by atoms with van der Waals surface area (Å²) in [7, 11) is 0. The van der Waals surface area contributed by atoms with Crippen LogP contribution >= 0.6 is 0 Å². The molecule has 0 aromatic carbocycles. The minimum atomic E-state index is 0.414. The molecule has 1 saturated carbocycles. The van der Waals surface area contributed by atoms with Gasteiger partial charge in [0.2, 0.25) is 0 Å². The third-order valence-electron chi connectivity index (χ3n) is 3.62. The van der Waals surface area contributed by atoms with Gasteiger partial charge in [0.1, 0.15) is 0 Å². The average molecular weight is 197 g/mol. The minimum Gasteiger partial charge on any atom is -0.376 e. The van der Waals surface area contributed by atoms with Crippen molar-refractivity contribution in [2.24, 2.45) is 5.92 Å². The van der Waals surface area contributed by atoms with E-state index in [0.717, 1.165) is 19.1 Å². The summed E-state index contributed by atoms with van der Waals surface area (Å²) >= 11 is 0. The number of morpholine rings is 1.